The zero-order valence-electron chi connectivity index (χ0n) is 10.1. The molecule has 4 nitrogen and oxygen atoms in total. The van der Waals surface area contributed by atoms with Gasteiger partial charge in [-0.15, -0.1) is 4.58 Å². The number of urea groups is 1. The summed E-state index contributed by atoms with van der Waals surface area (Å²) < 4.78 is 1.18. The summed E-state index contributed by atoms with van der Waals surface area (Å²) in [6, 6.07) is 8.53. The Balaban J connectivity index is 2.78. The molecule has 0 atom stereocenters. The van der Waals surface area contributed by atoms with Crippen molar-refractivity contribution in [2.75, 3.05) is 0 Å². The lowest BCUT2D eigenvalue weighted by Crippen LogP contribution is -2.37. The second-order valence-electron chi connectivity index (χ2n) is 4.38. The molecule has 0 heterocycles. The molecule has 17 heavy (non-hydrogen) atoms. The van der Waals surface area contributed by atoms with Gasteiger partial charge in [0.1, 0.15) is 11.3 Å². The third-order valence-electron chi connectivity index (χ3n) is 1.75. The van der Waals surface area contributed by atoms with Gasteiger partial charge in [0.15, 0.2) is 5.16 Å². The topological polar surface area (TPSA) is 41.3 Å². The van der Waals surface area contributed by atoms with Gasteiger partial charge in [-0.25, -0.2) is 0 Å². The monoisotopic (exact) mass is 251 g/mol. The van der Waals surface area contributed by atoms with Crippen LogP contribution in [0.25, 0.3) is 0 Å². The maximum absolute atomic E-state index is 11.8. The van der Waals surface area contributed by atoms with Crippen molar-refractivity contribution in [3.8, 4) is 0 Å². The van der Waals surface area contributed by atoms with Crippen LogP contribution in [-0.2, 0) is 4.84 Å². The Hall–Kier alpha value is -1.55. The molecule has 0 unspecified atom stereocenters. The first kappa shape index (κ1) is 13.5. The summed E-state index contributed by atoms with van der Waals surface area (Å²) in [5.41, 5.74) is 2.51. The number of hydrogen-bond acceptors (Lipinski definition) is 3. The Kier molecular flexibility index (Phi) is 4.52. The van der Waals surface area contributed by atoms with E-state index in [-0.39, 0.29) is 0 Å². The Morgan fingerprint density at radius 3 is 2.41 bits per heavy atom. The molecule has 1 N–H and O–H groups in total. The average molecular weight is 251 g/mol. The van der Waals surface area contributed by atoms with E-state index in [1.165, 1.54) is 4.58 Å². The smallest absolute Gasteiger partial charge is 0.193 e. The van der Waals surface area contributed by atoms with E-state index in [1.54, 1.807) is 12.1 Å². The predicted molar refractivity (Wildman–Crippen MR) is 68.3 cm³/mol. The third-order valence-corrected chi connectivity index (χ3v) is 1.94. The molecule has 1 aromatic rings. The van der Waals surface area contributed by atoms with Crippen LogP contribution in [0, 0.1) is 0 Å². The number of para-hydroxylation sites is 1. The van der Waals surface area contributed by atoms with Gasteiger partial charge in [0.25, 0.3) is 0 Å². The van der Waals surface area contributed by atoms with Crippen molar-refractivity contribution in [3.63, 3.8) is 0 Å². The SMILES string of the molecule is CC(C)(C)ONC(=O)[N+](=C=S)c1ccccc1. The largest absolute Gasteiger partial charge is 0.535 e. The first-order valence-corrected chi connectivity index (χ1v) is 5.56. The van der Waals surface area contributed by atoms with E-state index in [4.69, 9.17) is 17.1 Å². The van der Waals surface area contributed by atoms with Crippen molar-refractivity contribution in [2.24, 2.45) is 0 Å². The number of rotatable bonds is 2. The van der Waals surface area contributed by atoms with Crippen LogP contribution in [0.5, 0.6) is 0 Å². The molecule has 0 aliphatic carbocycles. The van der Waals surface area contributed by atoms with Crippen LogP contribution in [0.3, 0.4) is 0 Å². The molecule has 0 aromatic heterocycles. The highest BCUT2D eigenvalue weighted by Crippen LogP contribution is 2.10. The summed E-state index contributed by atoms with van der Waals surface area (Å²) in [5.74, 6) is 0. The van der Waals surface area contributed by atoms with Crippen molar-refractivity contribution in [3.05, 3.63) is 30.3 Å². The lowest BCUT2D eigenvalue weighted by Gasteiger charge is -2.13. The molecule has 0 radical (unpaired) electrons. The molecule has 0 bridgehead atoms. The Labute approximate surface area is 106 Å². The van der Waals surface area contributed by atoms with Crippen LogP contribution >= 0.6 is 12.2 Å². The molecule has 0 fully saturated rings. The predicted octanol–water partition coefficient (Wildman–Crippen LogP) is 2.87. The summed E-state index contributed by atoms with van der Waals surface area (Å²) in [6.07, 6.45) is 0. The zero-order chi connectivity index (χ0) is 12.9. The summed E-state index contributed by atoms with van der Waals surface area (Å²) in [7, 11) is 0. The van der Waals surface area contributed by atoms with E-state index in [0.717, 1.165) is 0 Å². The fraction of sp³-hybridized carbons (Fsp3) is 0.333. The summed E-state index contributed by atoms with van der Waals surface area (Å²) >= 11 is 4.70. The van der Waals surface area contributed by atoms with Gasteiger partial charge in [0.2, 0.25) is 0 Å². The molecule has 90 valence electrons. The van der Waals surface area contributed by atoms with E-state index in [9.17, 15) is 4.79 Å². The molecule has 2 amide bonds. The number of carbonyl (C=O) groups excluding carboxylic acids is 1. The van der Waals surface area contributed by atoms with Gasteiger partial charge in [-0.3, -0.25) is 0 Å². The maximum atomic E-state index is 11.8. The van der Waals surface area contributed by atoms with Gasteiger partial charge in [-0.2, -0.15) is 9.63 Å². The fourth-order valence-electron chi connectivity index (χ4n) is 1.03. The molecular weight excluding hydrogens is 236 g/mol. The van der Waals surface area contributed by atoms with Crippen molar-refractivity contribution in [1.82, 2.24) is 5.48 Å². The Morgan fingerprint density at radius 2 is 1.94 bits per heavy atom. The molecule has 0 saturated carbocycles. The highest BCUT2D eigenvalue weighted by Gasteiger charge is 2.23. The highest BCUT2D eigenvalue weighted by atomic mass is 32.1. The van der Waals surface area contributed by atoms with Crippen LogP contribution in [0.15, 0.2) is 30.3 Å². The second kappa shape index (κ2) is 5.68. The summed E-state index contributed by atoms with van der Waals surface area (Å²) in [4.78, 5) is 16.9. The first-order chi connectivity index (χ1) is 7.94. The quantitative estimate of drug-likeness (QED) is 0.380. The minimum atomic E-state index is -0.471. The maximum Gasteiger partial charge on any atom is 0.535 e. The van der Waals surface area contributed by atoms with Crippen LogP contribution in [-0.4, -0.2) is 21.4 Å². The number of isothiocyanates is 1. The minimum absolute atomic E-state index is 0.459. The fourth-order valence-corrected chi connectivity index (χ4v) is 1.22. The van der Waals surface area contributed by atoms with E-state index >= 15 is 0 Å². The summed E-state index contributed by atoms with van der Waals surface area (Å²) in [6.45, 7) is 5.50. The van der Waals surface area contributed by atoms with E-state index < -0.39 is 11.6 Å². The number of thiocarbonyl (C=S) groups is 1. The third kappa shape index (κ3) is 4.44. The molecular formula is C12H15N2O2S+. The number of hydrogen-bond donors (Lipinski definition) is 1. The molecule has 1 rings (SSSR count). The average Bonchev–Trinajstić information content (AvgIpc) is 2.28. The number of nitrogens with one attached hydrogen (secondary N) is 1. The number of nitrogens with zero attached hydrogens (tertiary/aromatic N) is 1. The Morgan fingerprint density at radius 1 is 1.35 bits per heavy atom. The van der Waals surface area contributed by atoms with Gasteiger partial charge in [0, 0.05) is 12.2 Å². The standard InChI is InChI=1S/C12H14N2O2S/c1-12(2,3)16-13-11(15)14(9-17)10-7-5-4-6-8-10/h4-8H,1-3H3/p+1. The van der Waals surface area contributed by atoms with E-state index in [0.29, 0.717) is 5.69 Å². The van der Waals surface area contributed by atoms with Crippen molar-refractivity contribution in [1.29, 1.82) is 0 Å². The molecule has 1 aromatic carbocycles. The van der Waals surface area contributed by atoms with Crippen LogP contribution < -0.4 is 5.48 Å². The highest BCUT2D eigenvalue weighted by molar-refractivity contribution is 7.78. The first-order valence-electron chi connectivity index (χ1n) is 5.15. The number of amides is 2. The van der Waals surface area contributed by atoms with Gasteiger partial charge in [-0.1, -0.05) is 23.7 Å². The minimum Gasteiger partial charge on any atom is -0.193 e. The molecule has 0 aliphatic rings. The number of hydroxylamine groups is 1. The van der Waals surface area contributed by atoms with Crippen LogP contribution in [0.1, 0.15) is 20.8 Å². The van der Waals surface area contributed by atoms with Gasteiger partial charge in [0.05, 0.1) is 0 Å². The van der Waals surface area contributed by atoms with E-state index in [1.807, 2.05) is 39.0 Å². The summed E-state index contributed by atoms with van der Waals surface area (Å²) in [5, 5.41) is 2.38. The van der Waals surface area contributed by atoms with Gasteiger partial charge < -0.3 is 0 Å². The molecule has 0 saturated heterocycles. The molecule has 0 aliphatic heterocycles. The Bertz CT molecular complexity index is 445. The van der Waals surface area contributed by atoms with Gasteiger partial charge >= 0.3 is 6.03 Å². The van der Waals surface area contributed by atoms with E-state index in [2.05, 4.69) is 10.6 Å². The van der Waals surface area contributed by atoms with Crippen LogP contribution in [0.2, 0.25) is 0 Å². The lowest BCUT2D eigenvalue weighted by atomic mass is 10.2. The molecule has 5 heteroatoms. The second-order valence-corrected chi connectivity index (χ2v) is 4.57. The number of carbonyl (C=O) groups is 1. The van der Waals surface area contributed by atoms with Crippen molar-refractivity contribution >= 4 is 29.1 Å². The van der Waals surface area contributed by atoms with Crippen molar-refractivity contribution in [2.45, 2.75) is 26.4 Å². The van der Waals surface area contributed by atoms with Crippen LogP contribution in [0.4, 0.5) is 10.5 Å². The van der Waals surface area contributed by atoms with Gasteiger partial charge in [-0.05, 0) is 32.9 Å². The number of benzene rings is 1. The molecule has 0 spiro atoms. The zero-order valence-corrected chi connectivity index (χ0v) is 10.9. The normalized spacial score (nSPS) is 10.5. The lowest BCUT2D eigenvalue weighted by molar-refractivity contribution is -0.335. The van der Waals surface area contributed by atoms with Crippen molar-refractivity contribution < 1.29 is 14.2 Å².